The van der Waals surface area contributed by atoms with Crippen LogP contribution in [0.4, 0.5) is 0 Å². The number of nitrogens with one attached hydrogen (secondary N) is 2. The number of carbonyl (C=O) groups is 1. The molecule has 1 aromatic carbocycles. The first-order valence-electron chi connectivity index (χ1n) is 8.38. The average molecular weight is 436 g/mol. The van der Waals surface area contributed by atoms with Gasteiger partial charge in [0, 0.05) is 35.3 Å². The highest BCUT2D eigenvalue weighted by Gasteiger charge is 2.16. The van der Waals surface area contributed by atoms with Gasteiger partial charge in [0.25, 0.3) is 5.91 Å². The lowest BCUT2D eigenvalue weighted by atomic mass is 10.1. The van der Waals surface area contributed by atoms with Crippen LogP contribution in [0.1, 0.15) is 39.2 Å². The molecule has 1 amide bonds. The number of benzene rings is 1. The SMILES string of the molecule is CC(C)(C)NC(=O)COc1ccc(Br)cc1CNCC1CCCO1.Cl. The Bertz CT molecular complexity index is 558. The van der Waals surface area contributed by atoms with E-state index in [4.69, 9.17) is 9.47 Å². The van der Waals surface area contributed by atoms with E-state index in [-0.39, 0.29) is 30.5 Å². The molecule has 1 aromatic rings. The molecule has 5 nitrogen and oxygen atoms in total. The molecule has 0 spiro atoms. The molecule has 142 valence electrons. The summed E-state index contributed by atoms with van der Waals surface area (Å²) in [7, 11) is 0. The van der Waals surface area contributed by atoms with Crippen LogP contribution in [0.15, 0.2) is 22.7 Å². The third-order valence-electron chi connectivity index (χ3n) is 3.61. The van der Waals surface area contributed by atoms with Gasteiger partial charge in [-0.05, 0) is 51.8 Å². The van der Waals surface area contributed by atoms with Crippen LogP contribution >= 0.6 is 28.3 Å². The minimum Gasteiger partial charge on any atom is -0.483 e. The number of ether oxygens (including phenoxy) is 2. The molecule has 2 N–H and O–H groups in total. The number of hydrogen-bond donors (Lipinski definition) is 2. The van der Waals surface area contributed by atoms with Gasteiger partial charge in [0.1, 0.15) is 5.75 Å². The van der Waals surface area contributed by atoms with Crippen molar-refractivity contribution in [1.29, 1.82) is 0 Å². The Kier molecular flexibility index (Phi) is 9.21. The van der Waals surface area contributed by atoms with Crippen LogP contribution in [0.2, 0.25) is 0 Å². The van der Waals surface area contributed by atoms with E-state index in [0.29, 0.717) is 12.6 Å². The highest BCUT2D eigenvalue weighted by molar-refractivity contribution is 9.10. The topological polar surface area (TPSA) is 59.6 Å². The van der Waals surface area contributed by atoms with E-state index in [2.05, 4.69) is 26.6 Å². The van der Waals surface area contributed by atoms with E-state index in [0.717, 1.165) is 41.8 Å². The monoisotopic (exact) mass is 434 g/mol. The first-order valence-corrected chi connectivity index (χ1v) is 9.17. The Morgan fingerprint density at radius 3 is 2.80 bits per heavy atom. The van der Waals surface area contributed by atoms with Gasteiger partial charge in [-0.15, -0.1) is 12.4 Å². The molecule has 1 saturated heterocycles. The second-order valence-corrected chi connectivity index (χ2v) is 8.02. The first-order chi connectivity index (χ1) is 11.3. The number of amides is 1. The zero-order valence-corrected chi connectivity index (χ0v) is 17.5. The van der Waals surface area contributed by atoms with E-state index in [1.807, 2.05) is 39.0 Å². The molecule has 1 heterocycles. The van der Waals surface area contributed by atoms with Gasteiger partial charge in [0.2, 0.25) is 0 Å². The summed E-state index contributed by atoms with van der Waals surface area (Å²) in [5, 5.41) is 6.31. The molecule has 0 saturated carbocycles. The Hall–Kier alpha value is -0.820. The predicted octanol–water partition coefficient (Wildman–Crippen LogP) is 3.43. The molecule has 0 aromatic heterocycles. The largest absolute Gasteiger partial charge is 0.483 e. The molecule has 1 aliphatic rings. The average Bonchev–Trinajstić information content (AvgIpc) is 2.98. The van der Waals surface area contributed by atoms with Gasteiger partial charge >= 0.3 is 0 Å². The van der Waals surface area contributed by atoms with Crippen LogP contribution in [0.5, 0.6) is 5.75 Å². The van der Waals surface area contributed by atoms with Gasteiger partial charge in [-0.2, -0.15) is 0 Å². The maximum absolute atomic E-state index is 11.9. The van der Waals surface area contributed by atoms with Crippen molar-refractivity contribution in [1.82, 2.24) is 10.6 Å². The van der Waals surface area contributed by atoms with Gasteiger partial charge in [-0.25, -0.2) is 0 Å². The van der Waals surface area contributed by atoms with Crippen molar-refractivity contribution in [3.05, 3.63) is 28.2 Å². The zero-order valence-electron chi connectivity index (χ0n) is 15.1. The molecule has 0 aliphatic carbocycles. The summed E-state index contributed by atoms with van der Waals surface area (Å²) in [4.78, 5) is 11.9. The summed E-state index contributed by atoms with van der Waals surface area (Å²) in [6.45, 7) is 8.23. The smallest absolute Gasteiger partial charge is 0.258 e. The fraction of sp³-hybridized carbons (Fsp3) is 0.611. The van der Waals surface area contributed by atoms with Crippen molar-refractivity contribution in [2.75, 3.05) is 19.8 Å². The molecule has 0 radical (unpaired) electrons. The van der Waals surface area contributed by atoms with Gasteiger partial charge in [-0.3, -0.25) is 4.79 Å². The molecular weight excluding hydrogens is 408 g/mol. The minimum absolute atomic E-state index is 0. The van der Waals surface area contributed by atoms with Gasteiger partial charge < -0.3 is 20.1 Å². The van der Waals surface area contributed by atoms with Crippen LogP contribution < -0.4 is 15.4 Å². The number of rotatable bonds is 7. The first kappa shape index (κ1) is 22.2. The molecule has 7 heteroatoms. The fourth-order valence-corrected chi connectivity index (χ4v) is 3.01. The molecule has 1 atom stereocenters. The molecule has 1 aliphatic heterocycles. The second-order valence-electron chi connectivity index (χ2n) is 7.10. The molecule has 1 unspecified atom stereocenters. The fourth-order valence-electron chi connectivity index (χ4n) is 2.60. The second kappa shape index (κ2) is 10.4. The van der Waals surface area contributed by atoms with Crippen molar-refractivity contribution in [2.45, 2.75) is 51.8 Å². The van der Waals surface area contributed by atoms with Crippen molar-refractivity contribution >= 4 is 34.2 Å². The quantitative estimate of drug-likeness (QED) is 0.689. The normalized spacial score (nSPS) is 17.0. The van der Waals surface area contributed by atoms with Crippen molar-refractivity contribution in [2.24, 2.45) is 0 Å². The summed E-state index contributed by atoms with van der Waals surface area (Å²) in [5.41, 5.74) is 0.761. The van der Waals surface area contributed by atoms with E-state index >= 15 is 0 Å². The Balaban J connectivity index is 0.00000312. The summed E-state index contributed by atoms with van der Waals surface area (Å²) < 4.78 is 12.3. The highest BCUT2D eigenvalue weighted by atomic mass is 79.9. The van der Waals surface area contributed by atoms with Crippen LogP contribution in [-0.2, 0) is 16.1 Å². The Morgan fingerprint density at radius 1 is 1.40 bits per heavy atom. The summed E-state index contributed by atoms with van der Waals surface area (Å²) >= 11 is 3.49. The molecule has 25 heavy (non-hydrogen) atoms. The van der Waals surface area contributed by atoms with Crippen LogP contribution in [0, 0.1) is 0 Å². The Morgan fingerprint density at radius 2 is 2.16 bits per heavy atom. The predicted molar refractivity (Wildman–Crippen MR) is 105 cm³/mol. The maximum atomic E-state index is 11.9. The van der Waals surface area contributed by atoms with E-state index < -0.39 is 0 Å². The van der Waals surface area contributed by atoms with Crippen LogP contribution in [-0.4, -0.2) is 37.3 Å². The van der Waals surface area contributed by atoms with Crippen molar-refractivity contribution in [3.63, 3.8) is 0 Å². The lowest BCUT2D eigenvalue weighted by Gasteiger charge is -2.21. The van der Waals surface area contributed by atoms with E-state index in [1.165, 1.54) is 0 Å². The van der Waals surface area contributed by atoms with E-state index in [1.54, 1.807) is 0 Å². The minimum atomic E-state index is -0.258. The van der Waals surface area contributed by atoms with Crippen molar-refractivity contribution in [3.8, 4) is 5.75 Å². The maximum Gasteiger partial charge on any atom is 0.258 e. The lowest BCUT2D eigenvalue weighted by molar-refractivity contribution is -0.124. The van der Waals surface area contributed by atoms with Gasteiger partial charge in [-0.1, -0.05) is 15.9 Å². The zero-order chi connectivity index (χ0) is 17.6. The molecule has 1 fully saturated rings. The van der Waals surface area contributed by atoms with Crippen LogP contribution in [0.3, 0.4) is 0 Å². The lowest BCUT2D eigenvalue weighted by Crippen LogP contribution is -2.43. The molecular formula is C18H28BrClN2O3. The third-order valence-corrected chi connectivity index (χ3v) is 4.10. The summed E-state index contributed by atoms with van der Waals surface area (Å²) in [6.07, 6.45) is 2.56. The molecule has 2 rings (SSSR count). The number of carbonyl (C=O) groups excluding carboxylic acids is 1. The van der Waals surface area contributed by atoms with Gasteiger partial charge in [0.15, 0.2) is 6.61 Å². The molecule has 0 bridgehead atoms. The summed E-state index contributed by atoms with van der Waals surface area (Å²) in [6, 6.07) is 5.82. The Labute approximate surface area is 164 Å². The third kappa shape index (κ3) is 8.40. The number of halogens is 2. The van der Waals surface area contributed by atoms with E-state index in [9.17, 15) is 4.79 Å². The van der Waals surface area contributed by atoms with Crippen molar-refractivity contribution < 1.29 is 14.3 Å². The van der Waals surface area contributed by atoms with Gasteiger partial charge in [0.05, 0.1) is 6.10 Å². The standard InChI is InChI=1S/C18H27BrN2O3.ClH/c1-18(2,3)21-17(22)12-24-16-7-6-14(19)9-13(16)10-20-11-15-5-4-8-23-15;/h6-7,9,15,20H,4-5,8,10-12H2,1-3H3,(H,21,22);1H. The highest BCUT2D eigenvalue weighted by Crippen LogP contribution is 2.23. The van der Waals surface area contributed by atoms with Crippen LogP contribution in [0.25, 0.3) is 0 Å². The summed E-state index contributed by atoms with van der Waals surface area (Å²) in [5.74, 6) is 0.603. The number of hydrogen-bond acceptors (Lipinski definition) is 4.